The van der Waals surface area contributed by atoms with Gasteiger partial charge in [0.05, 0.1) is 5.92 Å². The molecule has 98 valence electrons. The van der Waals surface area contributed by atoms with Crippen molar-refractivity contribution in [3.63, 3.8) is 0 Å². The van der Waals surface area contributed by atoms with Crippen LogP contribution >= 0.6 is 11.8 Å². The number of carbonyl (C=O) groups is 2. The molecule has 1 saturated heterocycles. The van der Waals surface area contributed by atoms with Gasteiger partial charge in [-0.1, -0.05) is 13.3 Å². The number of amides is 2. The van der Waals surface area contributed by atoms with Crippen molar-refractivity contribution in [3.8, 4) is 0 Å². The molecule has 2 unspecified atom stereocenters. The van der Waals surface area contributed by atoms with Crippen LogP contribution < -0.4 is 10.6 Å². The minimum Gasteiger partial charge on any atom is -0.481 e. The van der Waals surface area contributed by atoms with E-state index in [0.717, 1.165) is 6.42 Å². The Morgan fingerprint density at radius 2 is 2.18 bits per heavy atom. The summed E-state index contributed by atoms with van der Waals surface area (Å²) >= 11 is 1.90. The Morgan fingerprint density at radius 1 is 1.41 bits per heavy atom. The zero-order valence-electron chi connectivity index (χ0n) is 10.1. The molecular formula is C11H20N2O3S. The van der Waals surface area contributed by atoms with Crippen molar-refractivity contribution in [1.29, 1.82) is 0 Å². The number of thioether (sulfide) groups is 1. The first kappa shape index (κ1) is 14.2. The zero-order chi connectivity index (χ0) is 12.7. The molecule has 1 aliphatic heterocycles. The molecular weight excluding hydrogens is 240 g/mol. The third kappa shape index (κ3) is 5.81. The van der Waals surface area contributed by atoms with E-state index in [1.807, 2.05) is 11.8 Å². The van der Waals surface area contributed by atoms with Crippen LogP contribution in [0.5, 0.6) is 0 Å². The number of carboxylic acid groups (broad SMARTS) is 1. The Hall–Kier alpha value is -0.910. The van der Waals surface area contributed by atoms with E-state index in [-0.39, 0.29) is 12.6 Å². The van der Waals surface area contributed by atoms with Crippen LogP contribution in [0, 0.1) is 5.92 Å². The van der Waals surface area contributed by atoms with E-state index in [1.54, 1.807) is 6.92 Å². The van der Waals surface area contributed by atoms with E-state index in [0.29, 0.717) is 11.8 Å². The highest BCUT2D eigenvalue weighted by atomic mass is 32.2. The molecule has 0 spiro atoms. The zero-order valence-corrected chi connectivity index (χ0v) is 10.9. The predicted molar refractivity (Wildman–Crippen MR) is 68.3 cm³/mol. The fourth-order valence-electron chi connectivity index (χ4n) is 1.57. The number of carbonyl (C=O) groups excluding carboxylic acids is 1. The van der Waals surface area contributed by atoms with Gasteiger partial charge in [-0.25, -0.2) is 4.79 Å². The van der Waals surface area contributed by atoms with E-state index in [2.05, 4.69) is 10.6 Å². The highest BCUT2D eigenvalue weighted by Gasteiger charge is 2.15. The van der Waals surface area contributed by atoms with E-state index >= 15 is 0 Å². The minimum atomic E-state index is -0.895. The summed E-state index contributed by atoms with van der Waals surface area (Å²) in [5.41, 5.74) is 0. The molecule has 0 saturated carbocycles. The second-order valence-electron chi connectivity index (χ2n) is 4.32. The summed E-state index contributed by atoms with van der Waals surface area (Å²) in [5.74, 6) is -0.276. The second-order valence-corrected chi connectivity index (χ2v) is 5.73. The maximum Gasteiger partial charge on any atom is 0.314 e. The van der Waals surface area contributed by atoms with Crippen LogP contribution in [0.3, 0.4) is 0 Å². The fourth-order valence-corrected chi connectivity index (χ4v) is 2.81. The highest BCUT2D eigenvalue weighted by molar-refractivity contribution is 7.99. The summed E-state index contributed by atoms with van der Waals surface area (Å²) < 4.78 is 0. The topological polar surface area (TPSA) is 78.4 Å². The molecule has 17 heavy (non-hydrogen) atoms. The smallest absolute Gasteiger partial charge is 0.314 e. The molecule has 0 bridgehead atoms. The van der Waals surface area contributed by atoms with Crippen LogP contribution in [0.2, 0.25) is 0 Å². The lowest BCUT2D eigenvalue weighted by Crippen LogP contribution is -2.42. The van der Waals surface area contributed by atoms with Crippen LogP contribution in [0.25, 0.3) is 0 Å². The van der Waals surface area contributed by atoms with Crippen molar-refractivity contribution < 1.29 is 14.7 Å². The quantitative estimate of drug-likeness (QED) is 0.696. The fraction of sp³-hybridized carbons (Fsp3) is 0.818. The Labute approximate surface area is 106 Å². The lowest BCUT2D eigenvalue weighted by Gasteiger charge is -2.21. The number of urea groups is 1. The number of hydrogen-bond acceptors (Lipinski definition) is 3. The average molecular weight is 260 g/mol. The number of rotatable bonds is 5. The van der Waals surface area contributed by atoms with Gasteiger partial charge in [-0.2, -0.15) is 11.8 Å². The molecule has 1 fully saturated rings. The minimum absolute atomic E-state index is 0.166. The second kappa shape index (κ2) is 7.42. The van der Waals surface area contributed by atoms with Crippen molar-refractivity contribution in [3.05, 3.63) is 0 Å². The van der Waals surface area contributed by atoms with Crippen LogP contribution in [0.1, 0.15) is 26.2 Å². The molecule has 1 rings (SSSR count). The highest BCUT2D eigenvalue weighted by Crippen LogP contribution is 2.24. The Balaban J connectivity index is 2.10. The normalized spacial score (nSPS) is 21.6. The van der Waals surface area contributed by atoms with Gasteiger partial charge in [-0.3, -0.25) is 4.79 Å². The molecule has 5 nitrogen and oxygen atoms in total. The van der Waals surface area contributed by atoms with E-state index in [1.165, 1.54) is 18.6 Å². The molecule has 3 N–H and O–H groups in total. The van der Waals surface area contributed by atoms with Crippen molar-refractivity contribution in [2.45, 2.75) is 31.4 Å². The van der Waals surface area contributed by atoms with E-state index < -0.39 is 11.9 Å². The van der Waals surface area contributed by atoms with Gasteiger partial charge in [0.2, 0.25) is 0 Å². The third-order valence-electron chi connectivity index (χ3n) is 2.75. The molecule has 0 aromatic rings. The van der Waals surface area contributed by atoms with E-state index in [4.69, 9.17) is 5.11 Å². The van der Waals surface area contributed by atoms with Crippen molar-refractivity contribution in [1.82, 2.24) is 10.6 Å². The average Bonchev–Trinajstić information content (AvgIpc) is 2.34. The SMILES string of the molecule is CC(CNC(=O)NCC1CCCCS1)C(=O)O. The first-order valence-electron chi connectivity index (χ1n) is 5.95. The molecule has 6 heteroatoms. The standard InChI is InChI=1S/C11H20N2O3S/c1-8(10(14)15)6-12-11(16)13-7-9-4-2-3-5-17-9/h8-9H,2-7H2,1H3,(H,14,15)(H2,12,13,16). The molecule has 0 aliphatic carbocycles. The number of nitrogens with one attached hydrogen (secondary N) is 2. The van der Waals surface area contributed by atoms with Crippen LogP contribution in [0.4, 0.5) is 4.79 Å². The van der Waals surface area contributed by atoms with Gasteiger partial charge in [0.1, 0.15) is 0 Å². The molecule has 0 radical (unpaired) electrons. The lowest BCUT2D eigenvalue weighted by atomic mass is 10.2. The molecule has 1 heterocycles. The van der Waals surface area contributed by atoms with Gasteiger partial charge < -0.3 is 15.7 Å². The molecule has 2 atom stereocenters. The first-order valence-corrected chi connectivity index (χ1v) is 7.00. The Kier molecular flexibility index (Phi) is 6.18. The Morgan fingerprint density at radius 3 is 2.76 bits per heavy atom. The third-order valence-corrected chi connectivity index (χ3v) is 4.15. The summed E-state index contributed by atoms with van der Waals surface area (Å²) in [6.45, 7) is 2.40. The molecule has 0 aromatic heterocycles. The van der Waals surface area contributed by atoms with Gasteiger partial charge in [0, 0.05) is 18.3 Å². The van der Waals surface area contributed by atoms with Crippen LogP contribution in [-0.4, -0.2) is 41.2 Å². The van der Waals surface area contributed by atoms with Gasteiger partial charge >= 0.3 is 12.0 Å². The maximum atomic E-state index is 11.4. The first-order chi connectivity index (χ1) is 8.09. The van der Waals surface area contributed by atoms with Crippen LogP contribution in [-0.2, 0) is 4.79 Å². The van der Waals surface area contributed by atoms with Gasteiger partial charge in [0.15, 0.2) is 0 Å². The largest absolute Gasteiger partial charge is 0.481 e. The maximum absolute atomic E-state index is 11.4. The van der Waals surface area contributed by atoms with Gasteiger partial charge in [0.25, 0.3) is 0 Å². The molecule has 2 amide bonds. The summed E-state index contributed by atoms with van der Waals surface area (Å²) in [5, 5.41) is 14.5. The number of aliphatic carboxylic acids is 1. The van der Waals surface area contributed by atoms with Crippen molar-refractivity contribution >= 4 is 23.8 Å². The van der Waals surface area contributed by atoms with E-state index in [9.17, 15) is 9.59 Å². The summed E-state index contributed by atoms with van der Waals surface area (Å²) in [6.07, 6.45) is 3.65. The van der Waals surface area contributed by atoms with Crippen molar-refractivity contribution in [2.24, 2.45) is 5.92 Å². The van der Waals surface area contributed by atoms with Crippen molar-refractivity contribution in [2.75, 3.05) is 18.8 Å². The number of carboxylic acids is 1. The summed E-state index contributed by atoms with van der Waals surface area (Å²) in [4.78, 5) is 21.9. The van der Waals surface area contributed by atoms with Gasteiger partial charge in [-0.05, 0) is 18.6 Å². The summed E-state index contributed by atoms with van der Waals surface area (Å²) in [7, 11) is 0. The molecule has 1 aliphatic rings. The van der Waals surface area contributed by atoms with Crippen LogP contribution in [0.15, 0.2) is 0 Å². The van der Waals surface area contributed by atoms with Gasteiger partial charge in [-0.15, -0.1) is 0 Å². The predicted octanol–water partition coefficient (Wildman–Crippen LogP) is 1.29. The number of hydrogen-bond donors (Lipinski definition) is 3. The lowest BCUT2D eigenvalue weighted by molar-refractivity contribution is -0.140. The molecule has 0 aromatic carbocycles. The summed E-state index contributed by atoms with van der Waals surface area (Å²) in [6, 6.07) is -0.274. The Bertz CT molecular complexity index is 267. The monoisotopic (exact) mass is 260 g/mol.